The zero-order valence-electron chi connectivity index (χ0n) is 41.4. The highest BCUT2D eigenvalue weighted by Crippen LogP contribution is 2.32. The van der Waals surface area contributed by atoms with Crippen LogP contribution in [0, 0.1) is 36.5 Å². The van der Waals surface area contributed by atoms with Gasteiger partial charge in [0, 0.05) is 87.6 Å². The second-order valence-electron chi connectivity index (χ2n) is 19.2. The molecule has 1 atom stereocenters. The lowest BCUT2D eigenvalue weighted by Gasteiger charge is -2.33. The predicted molar refractivity (Wildman–Crippen MR) is 274 cm³/mol. The molecule has 4 heterocycles. The molecule has 4 aliphatic rings. The quantitative estimate of drug-likeness (QED) is 0.156. The molecule has 8 rings (SSSR count). The number of sulfone groups is 1. The summed E-state index contributed by atoms with van der Waals surface area (Å²) >= 11 is 0. The molecule has 0 radical (unpaired) electrons. The Labute approximate surface area is 418 Å². The molecule has 374 valence electrons. The van der Waals surface area contributed by atoms with Gasteiger partial charge in [0.1, 0.15) is 0 Å². The molecule has 15 nitrogen and oxygen atoms in total. The van der Waals surface area contributed by atoms with E-state index >= 15 is 0 Å². The third-order valence-corrected chi connectivity index (χ3v) is 16.2. The minimum Gasteiger partial charge on any atom is -0.381 e. The fourth-order valence-corrected chi connectivity index (χ4v) is 11.7. The largest absolute Gasteiger partial charge is 0.381 e. The molecule has 2 N–H and O–H groups in total. The number of piperidine rings is 2. The van der Waals surface area contributed by atoms with Crippen molar-refractivity contribution in [3.8, 4) is 12.1 Å². The first-order valence-corrected chi connectivity index (χ1v) is 26.7. The van der Waals surface area contributed by atoms with Gasteiger partial charge in [-0.25, -0.2) is 18.0 Å². The van der Waals surface area contributed by atoms with Crippen molar-refractivity contribution in [3.05, 3.63) is 129 Å². The second kappa shape index (κ2) is 23.9. The fourth-order valence-electron chi connectivity index (χ4n) is 9.98. The van der Waals surface area contributed by atoms with E-state index in [0.29, 0.717) is 97.8 Å². The van der Waals surface area contributed by atoms with Crippen molar-refractivity contribution in [2.24, 2.45) is 0 Å². The van der Waals surface area contributed by atoms with Gasteiger partial charge in [-0.1, -0.05) is 43.3 Å². The Morgan fingerprint density at radius 2 is 1.10 bits per heavy atom. The first-order chi connectivity index (χ1) is 34.2. The SMILES string of the molecule is CCCN(C(=O)Nc1cc(C(=O)N2CCC(c3ccc(C#N)cc3)CC2)ccc1C)C1CCS(=O)(=O)C1.Cc1ccc(C(=O)N2CCC(c3ccc(C#N)cc3)CC2)cc1NC(=O)N(C)C1CCOCC1. The van der Waals surface area contributed by atoms with E-state index < -0.39 is 9.84 Å². The Balaban J connectivity index is 0.000000209. The molecule has 1 unspecified atom stereocenters. The van der Waals surface area contributed by atoms with Crippen LogP contribution in [0.3, 0.4) is 0 Å². The van der Waals surface area contributed by atoms with Crippen molar-refractivity contribution in [2.75, 3.05) is 75.1 Å². The number of rotatable bonds is 10. The number of nitriles is 2. The van der Waals surface area contributed by atoms with Crippen LogP contribution in [-0.4, -0.2) is 128 Å². The average molecular weight is 983 g/mol. The van der Waals surface area contributed by atoms with E-state index in [1.165, 1.54) is 11.1 Å². The van der Waals surface area contributed by atoms with E-state index in [1.807, 2.05) is 104 Å². The lowest BCUT2D eigenvalue weighted by atomic mass is 9.89. The van der Waals surface area contributed by atoms with E-state index in [1.54, 1.807) is 28.0 Å². The first kappa shape index (κ1) is 52.1. The van der Waals surface area contributed by atoms with Crippen LogP contribution in [0.1, 0.15) is 124 Å². The van der Waals surface area contributed by atoms with E-state index in [-0.39, 0.29) is 47.5 Å². The number of nitrogens with one attached hydrogen (secondary N) is 2. The van der Waals surface area contributed by atoms with E-state index in [2.05, 4.69) is 22.8 Å². The Kier molecular flexibility index (Phi) is 17.5. The van der Waals surface area contributed by atoms with Crippen molar-refractivity contribution < 1.29 is 32.3 Å². The third-order valence-electron chi connectivity index (χ3n) is 14.5. The number of likely N-dealkylation sites (tertiary alicyclic amines) is 2. The monoisotopic (exact) mass is 982 g/mol. The average Bonchev–Trinajstić information content (AvgIpc) is 3.77. The number of amides is 6. The maximum Gasteiger partial charge on any atom is 0.322 e. The van der Waals surface area contributed by atoms with Crippen LogP contribution in [0.4, 0.5) is 21.0 Å². The van der Waals surface area contributed by atoms with Crippen molar-refractivity contribution in [3.63, 3.8) is 0 Å². The van der Waals surface area contributed by atoms with Crippen LogP contribution < -0.4 is 10.6 Å². The molecular weight excluding hydrogens is 917 g/mol. The van der Waals surface area contributed by atoms with E-state index in [0.717, 1.165) is 56.1 Å². The minimum atomic E-state index is -3.11. The van der Waals surface area contributed by atoms with Crippen molar-refractivity contribution in [1.29, 1.82) is 10.5 Å². The number of carbonyl (C=O) groups is 4. The Morgan fingerprint density at radius 3 is 1.51 bits per heavy atom. The number of hydrogen-bond acceptors (Lipinski definition) is 9. The summed E-state index contributed by atoms with van der Waals surface area (Å²) in [7, 11) is -1.30. The van der Waals surface area contributed by atoms with Crippen LogP contribution in [0.25, 0.3) is 0 Å². The Hall–Kier alpha value is -6.75. The van der Waals surface area contributed by atoms with E-state index in [9.17, 15) is 27.6 Å². The molecular formula is C55H66N8O7S. The van der Waals surface area contributed by atoms with Gasteiger partial charge in [0.25, 0.3) is 11.8 Å². The van der Waals surface area contributed by atoms with Gasteiger partial charge in [-0.3, -0.25) is 9.59 Å². The normalized spacial score (nSPS) is 18.3. The molecule has 0 bridgehead atoms. The van der Waals surface area contributed by atoms with Gasteiger partial charge in [0.2, 0.25) is 0 Å². The third kappa shape index (κ3) is 13.4. The molecule has 16 heteroatoms. The molecule has 0 saturated carbocycles. The highest BCUT2D eigenvalue weighted by Gasteiger charge is 2.35. The molecule has 4 aromatic carbocycles. The lowest BCUT2D eigenvalue weighted by Crippen LogP contribution is -2.44. The molecule has 4 fully saturated rings. The smallest absolute Gasteiger partial charge is 0.322 e. The van der Waals surface area contributed by atoms with Gasteiger partial charge in [-0.2, -0.15) is 10.5 Å². The summed E-state index contributed by atoms with van der Waals surface area (Å²) in [5, 5.41) is 23.9. The fraction of sp³-hybridized carbons (Fsp3) is 0.455. The number of urea groups is 2. The summed E-state index contributed by atoms with van der Waals surface area (Å²) in [6.07, 6.45) is 6.32. The number of aryl methyl sites for hydroxylation is 2. The van der Waals surface area contributed by atoms with Gasteiger partial charge in [-0.05, 0) is 148 Å². The molecule has 71 heavy (non-hydrogen) atoms. The van der Waals surface area contributed by atoms with Gasteiger partial charge in [-0.15, -0.1) is 0 Å². The minimum absolute atomic E-state index is 0.00362. The first-order valence-electron chi connectivity index (χ1n) is 24.9. The van der Waals surface area contributed by atoms with Crippen LogP contribution in [0.15, 0.2) is 84.9 Å². The summed E-state index contributed by atoms with van der Waals surface area (Å²) in [4.78, 5) is 59.6. The number of ether oxygens (including phenoxy) is 1. The summed E-state index contributed by atoms with van der Waals surface area (Å²) in [6.45, 7) is 10.2. The van der Waals surface area contributed by atoms with Gasteiger partial charge >= 0.3 is 12.1 Å². The molecule has 0 spiro atoms. The number of benzene rings is 4. The van der Waals surface area contributed by atoms with Crippen molar-refractivity contribution >= 4 is 45.1 Å². The van der Waals surface area contributed by atoms with Gasteiger partial charge in [0.15, 0.2) is 9.84 Å². The zero-order chi connectivity index (χ0) is 50.7. The number of nitrogens with zero attached hydrogens (tertiary/aromatic N) is 6. The highest BCUT2D eigenvalue weighted by atomic mass is 32.2. The molecule has 0 aliphatic carbocycles. The number of hydrogen-bond donors (Lipinski definition) is 2. The maximum atomic E-state index is 13.3. The second-order valence-corrected chi connectivity index (χ2v) is 21.5. The Bertz CT molecular complexity index is 2730. The summed E-state index contributed by atoms with van der Waals surface area (Å²) in [6, 6.07) is 29.9. The molecule has 4 aromatic rings. The summed E-state index contributed by atoms with van der Waals surface area (Å²) in [5.41, 5.74) is 7.81. The maximum absolute atomic E-state index is 13.3. The predicted octanol–water partition coefficient (Wildman–Crippen LogP) is 8.85. The van der Waals surface area contributed by atoms with Crippen LogP contribution in [0.5, 0.6) is 0 Å². The van der Waals surface area contributed by atoms with E-state index in [4.69, 9.17) is 15.3 Å². The standard InChI is InChI=1S/C28H34N4O4S.C27H32N4O3/c1-3-13-32(25-12-16-37(35,36)19-25)28(34)30-26-17-24(7-4-20(26)2)27(33)31-14-10-23(11-15-31)22-8-5-21(18-29)6-9-22;1-19-3-6-23(17-25(19)29-27(33)30(2)24-11-15-34-16-12-24)26(32)31-13-9-22(10-14-31)21-7-4-20(18-28)5-8-21/h4-9,17,23,25H,3,10-16,19H2,1-2H3,(H,30,34);3-8,17,22,24H,9-16H2,1-2H3,(H,29,33). The molecule has 0 aromatic heterocycles. The van der Waals surface area contributed by atoms with Crippen molar-refractivity contribution in [2.45, 2.75) is 96.1 Å². The van der Waals surface area contributed by atoms with Crippen LogP contribution in [-0.2, 0) is 14.6 Å². The van der Waals surface area contributed by atoms with Crippen molar-refractivity contribution in [1.82, 2.24) is 19.6 Å². The summed E-state index contributed by atoms with van der Waals surface area (Å²) in [5.74, 6) is 0.776. The van der Waals surface area contributed by atoms with Crippen LogP contribution in [0.2, 0.25) is 0 Å². The Morgan fingerprint density at radius 1 is 0.648 bits per heavy atom. The molecule has 6 amide bonds. The highest BCUT2D eigenvalue weighted by molar-refractivity contribution is 7.91. The molecule has 4 saturated heterocycles. The lowest BCUT2D eigenvalue weighted by molar-refractivity contribution is 0.0544. The topological polar surface area (TPSA) is 196 Å². The zero-order valence-corrected chi connectivity index (χ0v) is 42.2. The van der Waals surface area contributed by atoms with Gasteiger partial charge in [0.05, 0.1) is 34.8 Å². The summed E-state index contributed by atoms with van der Waals surface area (Å²) < 4.78 is 29.3. The van der Waals surface area contributed by atoms with Crippen LogP contribution >= 0.6 is 0 Å². The number of anilines is 2. The number of carbonyl (C=O) groups excluding carboxylic acids is 4. The molecule has 4 aliphatic heterocycles. The van der Waals surface area contributed by atoms with Gasteiger partial charge < -0.3 is 35.0 Å².